The number of anilines is 2. The van der Waals surface area contributed by atoms with Crippen LogP contribution in [0.15, 0.2) is 29.4 Å². The number of rotatable bonds is 7. The quantitative estimate of drug-likeness (QED) is 0.591. The first-order valence-electron chi connectivity index (χ1n) is 11.2. The van der Waals surface area contributed by atoms with Crippen molar-refractivity contribution in [3.8, 4) is 5.88 Å². The molecule has 0 spiro atoms. The summed E-state index contributed by atoms with van der Waals surface area (Å²) in [5, 5.41) is 3.99. The molecule has 1 N–H and O–H groups in total. The third kappa shape index (κ3) is 5.95. The van der Waals surface area contributed by atoms with Gasteiger partial charge in [-0.25, -0.2) is 14.8 Å². The van der Waals surface area contributed by atoms with Crippen LogP contribution in [0.3, 0.4) is 0 Å². The topological polar surface area (TPSA) is 93.6 Å². The van der Waals surface area contributed by atoms with Crippen LogP contribution in [-0.4, -0.2) is 55.7 Å². The maximum absolute atomic E-state index is 12.4. The smallest absolute Gasteiger partial charge is 0.410 e. The fourth-order valence-electron chi connectivity index (χ4n) is 3.59. The summed E-state index contributed by atoms with van der Waals surface area (Å²) in [6.07, 6.45) is 4.40. The van der Waals surface area contributed by atoms with Gasteiger partial charge in [-0.2, -0.15) is 0 Å². The highest BCUT2D eigenvalue weighted by molar-refractivity contribution is 7.86. The van der Waals surface area contributed by atoms with Gasteiger partial charge in [0.25, 0.3) is 0 Å². The maximum Gasteiger partial charge on any atom is 0.410 e. The first-order valence-corrected chi connectivity index (χ1v) is 12.8. The van der Waals surface area contributed by atoms with Crippen molar-refractivity contribution in [1.82, 2.24) is 14.9 Å². The van der Waals surface area contributed by atoms with Crippen LogP contribution in [0.25, 0.3) is 0 Å². The second-order valence-electron chi connectivity index (χ2n) is 8.65. The molecule has 1 amide bonds. The van der Waals surface area contributed by atoms with Crippen molar-refractivity contribution in [3.05, 3.63) is 35.1 Å². The van der Waals surface area contributed by atoms with Gasteiger partial charge in [0.1, 0.15) is 18.2 Å². The Morgan fingerprint density at radius 2 is 1.94 bits per heavy atom. The highest BCUT2D eigenvalue weighted by atomic mass is 35.5. The van der Waals surface area contributed by atoms with Crippen LogP contribution in [0.1, 0.15) is 45.1 Å². The van der Waals surface area contributed by atoms with Crippen molar-refractivity contribution in [2.24, 2.45) is 0 Å². The van der Waals surface area contributed by atoms with Gasteiger partial charge in [-0.15, -0.1) is 0 Å². The molecule has 1 atom stereocenters. The number of aromatic nitrogens is 2. The van der Waals surface area contributed by atoms with Gasteiger partial charge in [-0.3, -0.25) is 4.21 Å². The summed E-state index contributed by atoms with van der Waals surface area (Å²) < 4.78 is 23.8. The molecule has 33 heavy (non-hydrogen) atoms. The Hall–Kier alpha value is -2.39. The van der Waals surface area contributed by atoms with Crippen LogP contribution < -0.4 is 10.1 Å². The van der Waals surface area contributed by atoms with Gasteiger partial charge in [-0.05, 0) is 51.8 Å². The molecular weight excluding hydrogens is 464 g/mol. The number of nitrogens with zero attached hydrogens (tertiary/aromatic N) is 3. The second kappa shape index (κ2) is 10.3. The van der Waals surface area contributed by atoms with E-state index in [1.165, 1.54) is 6.33 Å². The number of hydrogen-bond acceptors (Lipinski definition) is 7. The second-order valence-corrected chi connectivity index (χ2v) is 10.8. The van der Waals surface area contributed by atoms with Gasteiger partial charge >= 0.3 is 6.09 Å². The van der Waals surface area contributed by atoms with Crippen LogP contribution in [0.2, 0.25) is 5.02 Å². The minimum absolute atomic E-state index is 0.0465. The largest absolute Gasteiger partial charge is 0.474 e. The van der Waals surface area contributed by atoms with Gasteiger partial charge in [0.05, 0.1) is 33.2 Å². The Morgan fingerprint density at radius 1 is 1.21 bits per heavy atom. The van der Waals surface area contributed by atoms with Gasteiger partial charge in [-0.1, -0.05) is 11.6 Å². The minimum atomic E-state index is -1.00. The predicted octanol–water partition coefficient (Wildman–Crippen LogP) is 4.84. The molecule has 1 aromatic heterocycles. The molecule has 2 aliphatic rings. The number of hydrogen-bond donors (Lipinski definition) is 1. The first kappa shape index (κ1) is 23.8. The monoisotopic (exact) mass is 492 g/mol. The van der Waals surface area contributed by atoms with Crippen molar-refractivity contribution in [2.45, 2.75) is 68.8 Å². The lowest BCUT2D eigenvalue weighted by atomic mass is 10.1. The summed E-state index contributed by atoms with van der Waals surface area (Å²) >= 11 is 6.45. The number of amides is 1. The molecule has 10 heteroatoms. The summed E-state index contributed by atoms with van der Waals surface area (Å²) in [6, 6.07) is 5.42. The Labute approximate surface area is 201 Å². The molecule has 1 aliphatic heterocycles. The van der Waals surface area contributed by atoms with E-state index in [2.05, 4.69) is 15.3 Å². The molecular formula is C23H29ClN4O4S. The third-order valence-corrected chi connectivity index (χ3v) is 7.71. The molecule has 1 aliphatic carbocycles. The van der Waals surface area contributed by atoms with Crippen molar-refractivity contribution in [3.63, 3.8) is 0 Å². The van der Waals surface area contributed by atoms with Gasteiger partial charge in [0.15, 0.2) is 0 Å². The molecule has 1 aromatic carbocycles. The maximum atomic E-state index is 12.4. The Morgan fingerprint density at radius 3 is 2.58 bits per heavy atom. The Balaban J connectivity index is 1.38. The predicted molar refractivity (Wildman–Crippen MR) is 128 cm³/mol. The Kier molecular flexibility index (Phi) is 7.38. The molecule has 2 fully saturated rings. The van der Waals surface area contributed by atoms with Crippen molar-refractivity contribution >= 4 is 40.0 Å². The summed E-state index contributed by atoms with van der Waals surface area (Å²) in [5.74, 6) is 1.09. The molecule has 8 nitrogen and oxygen atoms in total. The van der Waals surface area contributed by atoms with Gasteiger partial charge in [0, 0.05) is 36.1 Å². The first-order chi connectivity index (χ1) is 15.8. The summed E-state index contributed by atoms with van der Waals surface area (Å²) in [5.41, 5.74) is 1.44. The van der Waals surface area contributed by atoms with Crippen LogP contribution in [0, 0.1) is 6.92 Å². The van der Waals surface area contributed by atoms with E-state index in [1.807, 2.05) is 32.9 Å². The van der Waals surface area contributed by atoms with Crippen molar-refractivity contribution < 1.29 is 18.5 Å². The highest BCUT2D eigenvalue weighted by Gasteiger charge is 2.30. The fraction of sp³-hybridized carbons (Fsp3) is 0.522. The van der Waals surface area contributed by atoms with Crippen LogP contribution in [-0.2, 0) is 15.5 Å². The number of ether oxygens (including phenoxy) is 2. The average molecular weight is 493 g/mol. The molecule has 1 saturated carbocycles. The summed E-state index contributed by atoms with van der Waals surface area (Å²) in [4.78, 5) is 23.2. The van der Waals surface area contributed by atoms with E-state index < -0.39 is 10.8 Å². The fourth-order valence-corrected chi connectivity index (χ4v) is 5.27. The molecule has 0 bridgehead atoms. The molecule has 2 aromatic rings. The van der Waals surface area contributed by atoms with Crippen LogP contribution in [0.4, 0.5) is 16.3 Å². The van der Waals surface area contributed by atoms with Gasteiger partial charge in [0.2, 0.25) is 5.88 Å². The van der Waals surface area contributed by atoms with Crippen molar-refractivity contribution in [2.75, 3.05) is 18.4 Å². The average Bonchev–Trinajstić information content (AvgIpc) is 3.63. The Bertz CT molecular complexity index is 1040. The lowest BCUT2D eigenvalue weighted by Crippen LogP contribution is -2.42. The number of benzene rings is 1. The molecule has 178 valence electrons. The summed E-state index contributed by atoms with van der Waals surface area (Å²) in [7, 11) is -1.00. The third-order valence-electron chi connectivity index (χ3n) is 5.61. The number of halogens is 1. The number of piperidine rings is 1. The van der Waals surface area contributed by atoms with Crippen molar-refractivity contribution in [1.29, 1.82) is 0 Å². The normalized spacial score (nSPS) is 17.7. The lowest BCUT2D eigenvalue weighted by molar-refractivity contribution is 0.0505. The number of likely N-dealkylation sites (tertiary alicyclic amines) is 1. The van der Waals surface area contributed by atoms with E-state index >= 15 is 0 Å². The van der Waals surface area contributed by atoms with Crippen LogP contribution >= 0.6 is 11.6 Å². The number of nitrogens with one attached hydrogen (secondary N) is 1. The van der Waals surface area contributed by atoms with E-state index in [4.69, 9.17) is 21.1 Å². The van der Waals surface area contributed by atoms with E-state index in [0.717, 1.165) is 23.3 Å². The molecule has 4 rings (SSSR count). The molecule has 1 unspecified atom stereocenters. The van der Waals surface area contributed by atoms with Crippen LogP contribution in [0.5, 0.6) is 5.88 Å². The molecule has 1 saturated heterocycles. The van der Waals surface area contributed by atoms with E-state index in [-0.39, 0.29) is 23.6 Å². The standard InChI is InChI=1S/C23H29ClN4O4S/c1-14(2)31-23(29)28-10-8-16(9-11-28)32-22-15(3)21(25-13-26-22)27-20-7-6-18(12-19(20)24)33(30)17-4-5-17/h6-7,12-14,16-17H,4-5,8-11H2,1-3H3,(H,25,26,27). The lowest BCUT2D eigenvalue weighted by Gasteiger charge is -2.32. The van der Waals surface area contributed by atoms with E-state index in [0.29, 0.717) is 48.3 Å². The molecule has 2 heterocycles. The number of carbonyl (C=O) groups is 1. The van der Waals surface area contributed by atoms with Gasteiger partial charge < -0.3 is 19.7 Å². The van der Waals surface area contributed by atoms with E-state index in [1.54, 1.807) is 11.0 Å². The SMILES string of the molecule is Cc1c(Nc2ccc(S(=O)C3CC3)cc2Cl)ncnc1OC1CCN(C(=O)OC(C)C)CC1. The molecule has 0 radical (unpaired) electrons. The number of carbonyl (C=O) groups excluding carboxylic acids is 1. The highest BCUT2D eigenvalue weighted by Crippen LogP contribution is 2.34. The zero-order valence-electron chi connectivity index (χ0n) is 19.0. The van der Waals surface area contributed by atoms with E-state index in [9.17, 15) is 9.00 Å². The zero-order chi connectivity index (χ0) is 23.5. The zero-order valence-corrected chi connectivity index (χ0v) is 20.6. The minimum Gasteiger partial charge on any atom is -0.474 e. The summed E-state index contributed by atoms with van der Waals surface area (Å²) in [6.45, 7) is 6.73.